The van der Waals surface area contributed by atoms with Gasteiger partial charge in [0.15, 0.2) is 0 Å². The lowest BCUT2D eigenvalue weighted by atomic mass is 9.93. The van der Waals surface area contributed by atoms with Gasteiger partial charge in [-0.05, 0) is 57.5 Å². The van der Waals surface area contributed by atoms with Gasteiger partial charge in [-0.3, -0.25) is 9.59 Å². The maximum Gasteiger partial charge on any atom is 0.261 e. The highest BCUT2D eigenvalue weighted by Crippen LogP contribution is 2.42. The maximum atomic E-state index is 13.3. The number of amides is 2. The molecule has 1 aliphatic heterocycles. The quantitative estimate of drug-likeness (QED) is 0.462. The van der Waals surface area contributed by atoms with Gasteiger partial charge in [-0.1, -0.05) is 56.5 Å². The van der Waals surface area contributed by atoms with E-state index in [1.807, 2.05) is 11.0 Å². The van der Waals surface area contributed by atoms with E-state index in [4.69, 9.17) is 0 Å². The molecule has 6 heteroatoms. The lowest BCUT2D eigenvalue weighted by Crippen LogP contribution is -2.54. The van der Waals surface area contributed by atoms with Crippen molar-refractivity contribution in [3.05, 3.63) is 40.3 Å². The molecule has 0 aromatic heterocycles. The van der Waals surface area contributed by atoms with Gasteiger partial charge in [-0.15, -0.1) is 11.8 Å². The predicted molar refractivity (Wildman–Crippen MR) is 130 cm³/mol. The molecule has 1 saturated heterocycles. The zero-order valence-electron chi connectivity index (χ0n) is 19.2. The first kappa shape index (κ1) is 23.9. The smallest absolute Gasteiger partial charge is 0.261 e. The van der Waals surface area contributed by atoms with Gasteiger partial charge in [0.2, 0.25) is 5.91 Å². The normalized spacial score (nSPS) is 22.6. The second-order valence-corrected chi connectivity index (χ2v) is 9.87. The van der Waals surface area contributed by atoms with E-state index in [1.54, 1.807) is 11.8 Å². The van der Waals surface area contributed by atoms with Crippen LogP contribution in [0, 0.1) is 6.92 Å². The highest BCUT2D eigenvalue weighted by molar-refractivity contribution is 8.04. The number of nitrogens with zero attached hydrogens (tertiary/aromatic N) is 2. The predicted octanol–water partition coefficient (Wildman–Crippen LogP) is 4.07. The number of aryl methyl sites for hydroxylation is 1. The van der Waals surface area contributed by atoms with E-state index in [1.165, 1.54) is 12.0 Å². The van der Waals surface area contributed by atoms with Crippen molar-refractivity contribution >= 4 is 29.7 Å². The minimum absolute atomic E-state index is 0.00650. The highest BCUT2D eigenvalue weighted by atomic mass is 32.2. The number of nitrogens with one attached hydrogen (secondary N) is 1. The lowest BCUT2D eigenvalue weighted by Gasteiger charge is -2.43. The molecule has 1 aromatic rings. The number of thioether (sulfide) groups is 1. The maximum absolute atomic E-state index is 13.3. The fourth-order valence-electron chi connectivity index (χ4n) is 4.46. The average Bonchev–Trinajstić information content (AvgIpc) is 2.78. The minimum Gasteiger partial charge on any atom is -0.355 e. The van der Waals surface area contributed by atoms with Crippen molar-refractivity contribution in [1.82, 2.24) is 15.1 Å². The Bertz CT molecular complexity index is 773. The number of carbonyl (C=O) groups excluding carboxylic acids is 2. The molecule has 3 rings (SSSR count). The van der Waals surface area contributed by atoms with Crippen molar-refractivity contribution < 1.29 is 9.59 Å². The van der Waals surface area contributed by atoms with Crippen LogP contribution in [0.25, 0.3) is 6.08 Å². The Kier molecular flexibility index (Phi) is 9.02. The Morgan fingerprint density at radius 3 is 2.61 bits per heavy atom. The van der Waals surface area contributed by atoms with Crippen molar-refractivity contribution in [3.8, 4) is 0 Å². The minimum atomic E-state index is -0.0428. The van der Waals surface area contributed by atoms with Crippen LogP contribution in [0.1, 0.15) is 57.1 Å². The number of fused-ring (bicyclic) bond motifs is 1. The van der Waals surface area contributed by atoms with Crippen LogP contribution in [0.4, 0.5) is 0 Å². The van der Waals surface area contributed by atoms with Gasteiger partial charge in [0.25, 0.3) is 5.91 Å². The van der Waals surface area contributed by atoms with Crippen LogP contribution in [0.15, 0.2) is 29.2 Å². The topological polar surface area (TPSA) is 52.7 Å². The van der Waals surface area contributed by atoms with E-state index in [9.17, 15) is 9.59 Å². The molecule has 1 heterocycles. The van der Waals surface area contributed by atoms with Crippen molar-refractivity contribution in [2.45, 2.75) is 64.2 Å². The molecule has 5 nitrogen and oxygen atoms in total. The molecule has 1 aliphatic carbocycles. The van der Waals surface area contributed by atoms with Gasteiger partial charge in [0.05, 0.1) is 4.91 Å². The van der Waals surface area contributed by atoms with Crippen molar-refractivity contribution in [3.63, 3.8) is 0 Å². The SMILES string of the molecule is CCN(CC)CCCNC(=O)CN1C(=O)/C(=C\c2ccc(C)cc2)SC2CCCCC21. The fourth-order valence-corrected chi connectivity index (χ4v) is 5.93. The van der Waals surface area contributed by atoms with Crippen LogP contribution in [-0.4, -0.2) is 65.6 Å². The zero-order valence-corrected chi connectivity index (χ0v) is 20.0. The Labute approximate surface area is 191 Å². The van der Waals surface area contributed by atoms with Crippen molar-refractivity contribution in [2.24, 2.45) is 0 Å². The van der Waals surface area contributed by atoms with Crippen LogP contribution >= 0.6 is 11.8 Å². The lowest BCUT2D eigenvalue weighted by molar-refractivity contribution is -0.135. The van der Waals surface area contributed by atoms with E-state index in [2.05, 4.69) is 55.3 Å². The third-order valence-corrected chi connectivity index (χ3v) is 7.77. The first-order valence-electron chi connectivity index (χ1n) is 11.8. The molecule has 0 bridgehead atoms. The Morgan fingerprint density at radius 2 is 1.90 bits per heavy atom. The number of hydrogen-bond donors (Lipinski definition) is 1. The monoisotopic (exact) mass is 443 g/mol. The molecule has 2 unspecified atom stereocenters. The van der Waals surface area contributed by atoms with Crippen LogP contribution in [0.2, 0.25) is 0 Å². The average molecular weight is 444 g/mol. The molecule has 0 spiro atoms. The van der Waals surface area contributed by atoms with Gasteiger partial charge in [0, 0.05) is 17.8 Å². The standard InChI is InChI=1S/C25H37N3O2S/c1-4-27(5-2)16-8-15-26-24(29)18-28-21-9-6-7-10-22(21)31-23(25(28)30)17-20-13-11-19(3)12-14-20/h11-14,17,21-22H,4-10,15-16,18H2,1-3H3,(H,26,29)/b23-17+. The van der Waals surface area contributed by atoms with Gasteiger partial charge in [0.1, 0.15) is 6.54 Å². The first-order valence-corrected chi connectivity index (χ1v) is 12.6. The summed E-state index contributed by atoms with van der Waals surface area (Å²) in [6, 6.07) is 8.41. The van der Waals surface area contributed by atoms with E-state index >= 15 is 0 Å². The zero-order chi connectivity index (χ0) is 22.2. The Morgan fingerprint density at radius 1 is 1.19 bits per heavy atom. The van der Waals surface area contributed by atoms with Crippen LogP contribution in [0.5, 0.6) is 0 Å². The van der Waals surface area contributed by atoms with E-state index in [0.717, 1.165) is 55.8 Å². The molecule has 2 atom stereocenters. The summed E-state index contributed by atoms with van der Waals surface area (Å²) >= 11 is 1.72. The van der Waals surface area contributed by atoms with Gasteiger partial charge in [-0.25, -0.2) is 0 Å². The third-order valence-electron chi connectivity index (χ3n) is 6.37. The Balaban J connectivity index is 1.64. The summed E-state index contributed by atoms with van der Waals surface area (Å²) in [7, 11) is 0. The number of rotatable bonds is 9. The van der Waals surface area contributed by atoms with Crippen LogP contribution < -0.4 is 5.32 Å². The summed E-state index contributed by atoms with van der Waals surface area (Å²) in [6.45, 7) is 10.2. The second-order valence-electron chi connectivity index (χ2n) is 8.59. The van der Waals surface area contributed by atoms with Crippen molar-refractivity contribution in [2.75, 3.05) is 32.7 Å². The molecule has 0 radical (unpaired) electrons. The van der Waals surface area contributed by atoms with E-state index in [0.29, 0.717) is 11.8 Å². The van der Waals surface area contributed by atoms with Gasteiger partial charge < -0.3 is 15.1 Å². The molecular formula is C25H37N3O2S. The summed E-state index contributed by atoms with van der Waals surface area (Å²) in [5, 5.41) is 3.42. The van der Waals surface area contributed by atoms with Crippen LogP contribution in [-0.2, 0) is 9.59 Å². The molecule has 1 aromatic carbocycles. The summed E-state index contributed by atoms with van der Waals surface area (Å²) in [5.74, 6) is -0.0363. The first-order chi connectivity index (χ1) is 15.0. The summed E-state index contributed by atoms with van der Waals surface area (Å²) in [5.41, 5.74) is 2.24. The molecule has 2 amide bonds. The summed E-state index contributed by atoms with van der Waals surface area (Å²) in [6.07, 6.45) is 7.36. The fraction of sp³-hybridized carbons (Fsp3) is 0.600. The molecule has 1 N–H and O–H groups in total. The summed E-state index contributed by atoms with van der Waals surface area (Å²) in [4.78, 5) is 31.0. The highest BCUT2D eigenvalue weighted by Gasteiger charge is 2.41. The molecule has 1 saturated carbocycles. The van der Waals surface area contributed by atoms with Gasteiger partial charge >= 0.3 is 0 Å². The number of benzene rings is 1. The number of hydrogen-bond acceptors (Lipinski definition) is 4. The number of carbonyl (C=O) groups is 2. The van der Waals surface area contributed by atoms with E-state index < -0.39 is 0 Å². The second kappa shape index (κ2) is 11.7. The molecule has 2 fully saturated rings. The Hall–Kier alpha value is -1.79. The summed E-state index contributed by atoms with van der Waals surface area (Å²) < 4.78 is 0. The third kappa shape index (κ3) is 6.59. The van der Waals surface area contributed by atoms with Crippen LogP contribution in [0.3, 0.4) is 0 Å². The molecular weight excluding hydrogens is 406 g/mol. The molecule has 31 heavy (non-hydrogen) atoms. The molecule has 170 valence electrons. The van der Waals surface area contributed by atoms with E-state index in [-0.39, 0.29) is 24.4 Å². The van der Waals surface area contributed by atoms with Gasteiger partial charge in [-0.2, -0.15) is 0 Å². The molecule has 2 aliphatic rings. The van der Waals surface area contributed by atoms with Crippen molar-refractivity contribution in [1.29, 1.82) is 0 Å². The largest absolute Gasteiger partial charge is 0.355 e.